The number of nitrogens with one attached hydrogen (secondary N) is 1. The van der Waals surface area contributed by atoms with E-state index in [1.165, 1.54) is 24.3 Å². The summed E-state index contributed by atoms with van der Waals surface area (Å²) in [7, 11) is 0. The average molecular weight is 410 g/mol. The van der Waals surface area contributed by atoms with Gasteiger partial charge >= 0.3 is 5.97 Å². The molecule has 0 atom stereocenters. The maximum atomic E-state index is 12.7. The first-order valence-electron chi connectivity index (χ1n) is 7.62. The summed E-state index contributed by atoms with van der Waals surface area (Å²) in [5.74, 6) is -0.650. The second-order valence-corrected chi connectivity index (χ2v) is 5.99. The van der Waals surface area contributed by atoms with Crippen LogP contribution in [0.1, 0.15) is 16.8 Å². The molecule has 0 aliphatic rings. The van der Waals surface area contributed by atoms with E-state index < -0.39 is 5.97 Å². The van der Waals surface area contributed by atoms with Crippen molar-refractivity contribution in [2.24, 2.45) is 0 Å². The lowest BCUT2D eigenvalue weighted by atomic mass is 10.2. The second kappa shape index (κ2) is 9.78. The molecule has 0 unspecified atom stereocenters. The number of hydrogen-bond acceptors (Lipinski definition) is 4. The van der Waals surface area contributed by atoms with E-state index in [1.807, 2.05) is 0 Å². The normalized spacial score (nSPS) is 10.2. The highest BCUT2D eigenvalue weighted by Gasteiger charge is 2.09. The highest BCUT2D eigenvalue weighted by Crippen LogP contribution is 2.12. The van der Waals surface area contributed by atoms with Crippen LogP contribution in [-0.4, -0.2) is 31.6 Å². The van der Waals surface area contributed by atoms with Gasteiger partial charge in [-0.05, 0) is 42.5 Å². The number of rotatable bonds is 8. The van der Waals surface area contributed by atoms with Crippen LogP contribution in [0.3, 0.4) is 0 Å². The molecular weight excluding hydrogens is 393 g/mol. The molecule has 0 aliphatic heterocycles. The van der Waals surface area contributed by atoms with Crippen LogP contribution < -0.4 is 10.1 Å². The summed E-state index contributed by atoms with van der Waals surface area (Å²) < 4.78 is 23.9. The van der Waals surface area contributed by atoms with Crippen LogP contribution in [0.5, 0.6) is 5.75 Å². The molecule has 0 fully saturated rings. The van der Waals surface area contributed by atoms with E-state index in [0.29, 0.717) is 24.3 Å². The molecule has 25 heavy (non-hydrogen) atoms. The van der Waals surface area contributed by atoms with Crippen LogP contribution in [0.25, 0.3) is 0 Å². The Morgan fingerprint density at radius 2 is 1.84 bits per heavy atom. The first-order chi connectivity index (χ1) is 12.0. The van der Waals surface area contributed by atoms with Gasteiger partial charge in [-0.2, -0.15) is 0 Å². The van der Waals surface area contributed by atoms with Gasteiger partial charge in [0.15, 0.2) is 0 Å². The van der Waals surface area contributed by atoms with E-state index >= 15 is 0 Å². The lowest BCUT2D eigenvalue weighted by Crippen LogP contribution is -2.30. The number of esters is 1. The van der Waals surface area contributed by atoms with Gasteiger partial charge in [0, 0.05) is 16.5 Å². The van der Waals surface area contributed by atoms with E-state index in [2.05, 4.69) is 21.2 Å². The molecule has 1 amide bonds. The van der Waals surface area contributed by atoms with Crippen molar-refractivity contribution >= 4 is 27.8 Å². The minimum Gasteiger partial charge on any atom is -0.493 e. The van der Waals surface area contributed by atoms with E-state index in [0.717, 1.165) is 4.47 Å². The largest absolute Gasteiger partial charge is 0.493 e. The highest BCUT2D eigenvalue weighted by molar-refractivity contribution is 9.10. The summed E-state index contributed by atoms with van der Waals surface area (Å²) >= 11 is 3.28. The fourth-order valence-electron chi connectivity index (χ4n) is 1.90. The van der Waals surface area contributed by atoms with Crippen molar-refractivity contribution in [1.82, 2.24) is 5.32 Å². The SMILES string of the molecule is O=C(CNC(=O)c1cccc(Br)c1)OCCCOc1ccc(F)cc1. The molecule has 0 bridgehead atoms. The molecule has 0 aliphatic carbocycles. The maximum Gasteiger partial charge on any atom is 0.325 e. The number of ether oxygens (including phenoxy) is 2. The summed E-state index contributed by atoms with van der Waals surface area (Å²) in [5, 5.41) is 2.50. The molecule has 0 heterocycles. The number of carbonyl (C=O) groups is 2. The second-order valence-electron chi connectivity index (χ2n) is 5.07. The molecule has 2 rings (SSSR count). The van der Waals surface area contributed by atoms with Crippen LogP contribution >= 0.6 is 15.9 Å². The Bertz CT molecular complexity index is 721. The predicted octanol–water partition coefficient (Wildman–Crippen LogP) is 3.33. The van der Waals surface area contributed by atoms with Gasteiger partial charge in [0.05, 0.1) is 13.2 Å². The molecule has 132 valence electrons. The Kier molecular flexibility index (Phi) is 7.40. The van der Waals surface area contributed by atoms with Gasteiger partial charge in [0.1, 0.15) is 18.1 Å². The van der Waals surface area contributed by atoms with Gasteiger partial charge < -0.3 is 14.8 Å². The van der Waals surface area contributed by atoms with Crippen LogP contribution in [0.2, 0.25) is 0 Å². The van der Waals surface area contributed by atoms with Crippen LogP contribution in [0, 0.1) is 5.82 Å². The molecule has 0 aromatic heterocycles. The zero-order valence-corrected chi connectivity index (χ0v) is 14.9. The van der Waals surface area contributed by atoms with E-state index in [-0.39, 0.29) is 24.9 Å². The fraction of sp³-hybridized carbons (Fsp3) is 0.222. The lowest BCUT2D eigenvalue weighted by Gasteiger charge is -2.08. The minimum atomic E-state index is -0.523. The third-order valence-electron chi connectivity index (χ3n) is 3.11. The van der Waals surface area contributed by atoms with Crippen molar-refractivity contribution < 1.29 is 23.5 Å². The van der Waals surface area contributed by atoms with Crippen molar-refractivity contribution in [1.29, 1.82) is 0 Å². The number of amides is 1. The molecule has 1 N–H and O–H groups in total. The Morgan fingerprint density at radius 3 is 2.56 bits per heavy atom. The van der Waals surface area contributed by atoms with Crippen LogP contribution in [0.15, 0.2) is 53.0 Å². The Hall–Kier alpha value is -2.41. The topological polar surface area (TPSA) is 64.6 Å². The fourth-order valence-corrected chi connectivity index (χ4v) is 2.30. The maximum absolute atomic E-state index is 12.7. The third kappa shape index (κ3) is 6.93. The van der Waals surface area contributed by atoms with Crippen LogP contribution in [-0.2, 0) is 9.53 Å². The standard InChI is InChI=1S/C18H17BrFNO4/c19-14-4-1-3-13(11-14)18(23)21-12-17(22)25-10-2-9-24-16-7-5-15(20)6-8-16/h1,3-8,11H,2,9-10,12H2,(H,21,23). The smallest absolute Gasteiger partial charge is 0.325 e. The first-order valence-corrected chi connectivity index (χ1v) is 8.41. The van der Waals surface area contributed by atoms with Crippen molar-refractivity contribution in [3.05, 3.63) is 64.4 Å². The monoisotopic (exact) mass is 409 g/mol. The first kappa shape index (κ1) is 18.9. The van der Waals surface area contributed by atoms with Gasteiger partial charge in [-0.25, -0.2) is 4.39 Å². The molecule has 0 saturated carbocycles. The molecule has 0 saturated heterocycles. The number of benzene rings is 2. The van der Waals surface area contributed by atoms with Crippen molar-refractivity contribution in [2.75, 3.05) is 19.8 Å². The molecule has 7 heteroatoms. The van der Waals surface area contributed by atoms with Gasteiger partial charge in [0.2, 0.25) is 0 Å². The van der Waals surface area contributed by atoms with E-state index in [4.69, 9.17) is 9.47 Å². The number of hydrogen-bond donors (Lipinski definition) is 1. The minimum absolute atomic E-state index is 0.173. The van der Waals surface area contributed by atoms with Crippen molar-refractivity contribution in [3.63, 3.8) is 0 Å². The summed E-state index contributed by atoms with van der Waals surface area (Å²) in [6.45, 7) is 0.306. The third-order valence-corrected chi connectivity index (χ3v) is 3.61. The summed E-state index contributed by atoms with van der Waals surface area (Å²) in [5.41, 5.74) is 0.454. The van der Waals surface area contributed by atoms with Gasteiger partial charge in [-0.3, -0.25) is 9.59 Å². The summed E-state index contributed by atoms with van der Waals surface area (Å²) in [6.07, 6.45) is 0.489. The number of halogens is 2. The Balaban J connectivity index is 1.59. The summed E-state index contributed by atoms with van der Waals surface area (Å²) in [6, 6.07) is 12.5. The average Bonchev–Trinajstić information content (AvgIpc) is 2.61. The zero-order valence-electron chi connectivity index (χ0n) is 13.3. The predicted molar refractivity (Wildman–Crippen MR) is 93.9 cm³/mol. The Morgan fingerprint density at radius 1 is 1.08 bits per heavy atom. The van der Waals surface area contributed by atoms with Crippen LogP contribution in [0.4, 0.5) is 4.39 Å². The van der Waals surface area contributed by atoms with E-state index in [1.54, 1.807) is 24.3 Å². The highest BCUT2D eigenvalue weighted by atomic mass is 79.9. The number of carbonyl (C=O) groups excluding carboxylic acids is 2. The summed E-state index contributed by atoms with van der Waals surface area (Å²) in [4.78, 5) is 23.5. The van der Waals surface area contributed by atoms with Crippen molar-refractivity contribution in [2.45, 2.75) is 6.42 Å². The lowest BCUT2D eigenvalue weighted by molar-refractivity contribution is -0.142. The van der Waals surface area contributed by atoms with Crippen molar-refractivity contribution in [3.8, 4) is 5.75 Å². The van der Waals surface area contributed by atoms with Gasteiger partial charge in [-0.1, -0.05) is 22.0 Å². The molecule has 5 nitrogen and oxygen atoms in total. The quantitative estimate of drug-likeness (QED) is 0.536. The molecule has 0 spiro atoms. The molecule has 0 radical (unpaired) electrons. The van der Waals surface area contributed by atoms with Gasteiger partial charge in [0.25, 0.3) is 5.91 Å². The van der Waals surface area contributed by atoms with Gasteiger partial charge in [-0.15, -0.1) is 0 Å². The molecular formula is C18H17BrFNO4. The molecule has 2 aromatic rings. The zero-order chi connectivity index (χ0) is 18.1. The van der Waals surface area contributed by atoms with E-state index in [9.17, 15) is 14.0 Å². The Labute approximate surface area is 153 Å². The molecule has 2 aromatic carbocycles.